The summed E-state index contributed by atoms with van der Waals surface area (Å²) in [6.45, 7) is 1.70. The molecule has 1 atom stereocenters. The number of esters is 1. The number of ether oxygens (including phenoxy) is 1. The first-order valence-electron chi connectivity index (χ1n) is 8.87. The Kier molecular flexibility index (Phi) is 5.76. The molecule has 0 aliphatic carbocycles. The summed E-state index contributed by atoms with van der Waals surface area (Å²) < 4.78 is 5.69. The molecule has 140 valence electrons. The van der Waals surface area contributed by atoms with Crippen LogP contribution in [0.4, 0.5) is 5.69 Å². The van der Waals surface area contributed by atoms with Gasteiger partial charge in [-0.3, -0.25) is 0 Å². The van der Waals surface area contributed by atoms with Crippen LogP contribution in [0.1, 0.15) is 24.0 Å². The third-order valence-corrected chi connectivity index (χ3v) is 4.87. The minimum atomic E-state index is -1.93. The van der Waals surface area contributed by atoms with Gasteiger partial charge in [0.1, 0.15) is 6.10 Å². The first-order valence-corrected chi connectivity index (χ1v) is 8.87. The number of rotatable bonds is 5. The maximum Gasteiger partial charge on any atom is 0.347 e. The number of benzene rings is 2. The SMILES string of the molecule is CN1CCC(OC(=O)[C@@](O)(c2ccccc2)c2ccc(N=[N+]=[N-])cc2)CC1. The second-order valence-electron chi connectivity index (χ2n) is 6.72. The van der Waals surface area contributed by atoms with Gasteiger partial charge in [0.25, 0.3) is 0 Å². The zero-order valence-corrected chi connectivity index (χ0v) is 15.2. The van der Waals surface area contributed by atoms with Crippen LogP contribution in [0, 0.1) is 0 Å². The van der Waals surface area contributed by atoms with Crippen molar-refractivity contribution in [1.29, 1.82) is 0 Å². The summed E-state index contributed by atoms with van der Waals surface area (Å²) in [6.07, 6.45) is 1.26. The van der Waals surface area contributed by atoms with Crippen molar-refractivity contribution < 1.29 is 14.6 Å². The van der Waals surface area contributed by atoms with E-state index in [1.807, 2.05) is 13.1 Å². The predicted octanol–water partition coefficient (Wildman–Crippen LogP) is 3.50. The van der Waals surface area contributed by atoms with E-state index in [1.54, 1.807) is 48.5 Å². The lowest BCUT2D eigenvalue weighted by Gasteiger charge is -2.33. The van der Waals surface area contributed by atoms with E-state index in [2.05, 4.69) is 14.9 Å². The lowest BCUT2D eigenvalue weighted by molar-refractivity contribution is -0.169. The van der Waals surface area contributed by atoms with Crippen LogP contribution < -0.4 is 0 Å². The number of azide groups is 1. The van der Waals surface area contributed by atoms with Gasteiger partial charge in [-0.15, -0.1) is 0 Å². The summed E-state index contributed by atoms with van der Waals surface area (Å²) >= 11 is 0. The summed E-state index contributed by atoms with van der Waals surface area (Å²) in [7, 11) is 2.03. The van der Waals surface area contributed by atoms with Crippen LogP contribution in [0.15, 0.2) is 59.7 Å². The molecule has 0 spiro atoms. The monoisotopic (exact) mass is 366 g/mol. The third kappa shape index (κ3) is 4.11. The summed E-state index contributed by atoms with van der Waals surface area (Å²) in [6, 6.07) is 15.0. The van der Waals surface area contributed by atoms with Gasteiger partial charge < -0.3 is 14.7 Å². The molecule has 1 fully saturated rings. The van der Waals surface area contributed by atoms with Crippen LogP contribution in [0.5, 0.6) is 0 Å². The van der Waals surface area contributed by atoms with Crippen molar-refractivity contribution in [3.8, 4) is 0 Å². The Bertz CT molecular complexity index is 826. The molecule has 1 aliphatic heterocycles. The molecule has 0 bridgehead atoms. The fraction of sp³-hybridized carbons (Fsp3) is 0.350. The fourth-order valence-electron chi connectivity index (χ4n) is 3.24. The maximum absolute atomic E-state index is 13.1. The molecule has 1 aliphatic rings. The second kappa shape index (κ2) is 8.22. The summed E-state index contributed by atoms with van der Waals surface area (Å²) in [5.74, 6) is -0.695. The average Bonchev–Trinajstić information content (AvgIpc) is 2.70. The molecule has 1 heterocycles. The Hall–Kier alpha value is -2.86. The molecule has 2 aromatic carbocycles. The van der Waals surface area contributed by atoms with E-state index < -0.39 is 11.6 Å². The van der Waals surface area contributed by atoms with Crippen LogP contribution in [0.3, 0.4) is 0 Å². The first-order chi connectivity index (χ1) is 13.0. The van der Waals surface area contributed by atoms with Crippen molar-refractivity contribution in [3.05, 3.63) is 76.2 Å². The average molecular weight is 366 g/mol. The summed E-state index contributed by atoms with van der Waals surface area (Å²) in [4.78, 5) is 18.0. The molecule has 0 amide bonds. The molecule has 1 saturated heterocycles. The molecule has 3 rings (SSSR count). The van der Waals surface area contributed by atoms with Crippen LogP contribution in [-0.4, -0.2) is 42.2 Å². The minimum absolute atomic E-state index is 0.216. The van der Waals surface area contributed by atoms with Gasteiger partial charge in [0.2, 0.25) is 5.60 Å². The Morgan fingerprint density at radius 1 is 1.15 bits per heavy atom. The molecule has 0 aromatic heterocycles. The van der Waals surface area contributed by atoms with Gasteiger partial charge in [-0.25, -0.2) is 4.79 Å². The van der Waals surface area contributed by atoms with Gasteiger partial charge in [0.15, 0.2) is 0 Å². The van der Waals surface area contributed by atoms with E-state index in [-0.39, 0.29) is 6.10 Å². The van der Waals surface area contributed by atoms with Crippen molar-refractivity contribution in [2.45, 2.75) is 24.5 Å². The predicted molar refractivity (Wildman–Crippen MR) is 101 cm³/mol. The van der Waals surface area contributed by atoms with Crippen molar-refractivity contribution in [2.75, 3.05) is 20.1 Å². The quantitative estimate of drug-likeness (QED) is 0.379. The van der Waals surface area contributed by atoms with Crippen molar-refractivity contribution >= 4 is 11.7 Å². The number of nitrogens with zero attached hydrogens (tertiary/aromatic N) is 4. The zero-order chi connectivity index (χ0) is 19.3. The molecule has 0 saturated carbocycles. The van der Waals surface area contributed by atoms with Gasteiger partial charge >= 0.3 is 5.97 Å². The second-order valence-corrected chi connectivity index (χ2v) is 6.72. The number of carbonyl (C=O) groups excluding carboxylic acids is 1. The molecule has 0 radical (unpaired) electrons. The van der Waals surface area contributed by atoms with E-state index in [4.69, 9.17) is 10.3 Å². The molecule has 0 unspecified atom stereocenters. The Morgan fingerprint density at radius 3 is 2.33 bits per heavy atom. The highest BCUT2D eigenvalue weighted by Crippen LogP contribution is 2.33. The van der Waals surface area contributed by atoms with Crippen LogP contribution in [0.2, 0.25) is 0 Å². The Labute approximate surface area is 157 Å². The van der Waals surface area contributed by atoms with E-state index in [1.165, 1.54) is 0 Å². The minimum Gasteiger partial charge on any atom is -0.460 e. The van der Waals surface area contributed by atoms with Gasteiger partial charge in [0, 0.05) is 23.7 Å². The largest absolute Gasteiger partial charge is 0.460 e. The first kappa shape index (κ1) is 18.9. The number of hydrogen-bond donors (Lipinski definition) is 1. The molecule has 2 aromatic rings. The van der Waals surface area contributed by atoms with Gasteiger partial charge in [-0.2, -0.15) is 0 Å². The highest BCUT2D eigenvalue weighted by molar-refractivity contribution is 5.85. The van der Waals surface area contributed by atoms with Crippen LogP contribution >= 0.6 is 0 Å². The smallest absolute Gasteiger partial charge is 0.347 e. The van der Waals surface area contributed by atoms with E-state index >= 15 is 0 Å². The van der Waals surface area contributed by atoms with Crippen molar-refractivity contribution in [2.24, 2.45) is 5.11 Å². The van der Waals surface area contributed by atoms with Gasteiger partial charge in [-0.1, -0.05) is 59.7 Å². The molecule has 7 nitrogen and oxygen atoms in total. The lowest BCUT2D eigenvalue weighted by atomic mass is 9.86. The van der Waals surface area contributed by atoms with E-state index in [0.717, 1.165) is 25.9 Å². The Balaban J connectivity index is 1.92. The number of carbonyl (C=O) groups is 1. The van der Waals surface area contributed by atoms with Crippen molar-refractivity contribution in [1.82, 2.24) is 4.90 Å². The number of piperidine rings is 1. The maximum atomic E-state index is 13.1. The number of hydrogen-bond acceptors (Lipinski definition) is 5. The zero-order valence-electron chi connectivity index (χ0n) is 15.2. The van der Waals surface area contributed by atoms with E-state index in [9.17, 15) is 9.90 Å². The van der Waals surface area contributed by atoms with Crippen LogP contribution in [-0.2, 0) is 15.1 Å². The van der Waals surface area contributed by atoms with Crippen molar-refractivity contribution in [3.63, 3.8) is 0 Å². The third-order valence-electron chi connectivity index (χ3n) is 4.87. The topological polar surface area (TPSA) is 98.5 Å². The molecule has 7 heteroatoms. The molecular formula is C20H22N4O3. The van der Waals surface area contributed by atoms with Gasteiger partial charge in [0.05, 0.1) is 0 Å². The van der Waals surface area contributed by atoms with Crippen LogP contribution in [0.25, 0.3) is 10.4 Å². The molecule has 27 heavy (non-hydrogen) atoms. The molecular weight excluding hydrogens is 344 g/mol. The lowest BCUT2D eigenvalue weighted by Crippen LogP contribution is -2.43. The number of aliphatic hydroxyl groups is 1. The fourth-order valence-corrected chi connectivity index (χ4v) is 3.24. The highest BCUT2D eigenvalue weighted by atomic mass is 16.6. The normalized spacial score (nSPS) is 17.6. The summed E-state index contributed by atoms with van der Waals surface area (Å²) in [5, 5.41) is 15.0. The van der Waals surface area contributed by atoms with Gasteiger partial charge in [-0.05, 0) is 36.5 Å². The standard InChI is InChI=1S/C20H22N4O3/c1-24-13-11-18(12-14-24)27-19(25)20(26,15-5-3-2-4-6-15)16-7-9-17(10-8-16)22-23-21/h2-10,18,26H,11-14H2,1H3/t20-/m1/s1. The molecule has 1 N–H and O–H groups in total. The Morgan fingerprint density at radius 2 is 1.74 bits per heavy atom. The van der Waals surface area contributed by atoms with E-state index in [0.29, 0.717) is 16.8 Å². The number of likely N-dealkylation sites (tertiary alicyclic amines) is 1. The summed E-state index contributed by atoms with van der Waals surface area (Å²) in [5.41, 5.74) is 7.81. The highest BCUT2D eigenvalue weighted by Gasteiger charge is 2.42.